The number of amides is 1. The molecule has 0 fully saturated rings. The van der Waals surface area contributed by atoms with Gasteiger partial charge in [-0.1, -0.05) is 0 Å². The van der Waals surface area contributed by atoms with Crippen molar-refractivity contribution < 1.29 is 9.53 Å². The normalized spacial score (nSPS) is 21.1. The first-order valence-corrected chi connectivity index (χ1v) is 6.66. The van der Waals surface area contributed by atoms with Gasteiger partial charge in [0.25, 0.3) is 5.91 Å². The van der Waals surface area contributed by atoms with Crippen LogP contribution in [0, 0.1) is 0 Å². The van der Waals surface area contributed by atoms with Crippen molar-refractivity contribution in [2.75, 3.05) is 20.2 Å². The number of hydrogen-bond donors (Lipinski definition) is 1. The molecule has 0 saturated carbocycles. The Labute approximate surface area is 105 Å². The van der Waals surface area contributed by atoms with Gasteiger partial charge in [-0.05, 0) is 30.4 Å². The number of nitrogens with zero attached hydrogens (tertiary/aromatic N) is 1. The fourth-order valence-corrected chi connectivity index (χ4v) is 3.26. The second-order valence-electron chi connectivity index (χ2n) is 4.22. The molecule has 2 rings (SSSR count). The van der Waals surface area contributed by atoms with E-state index in [1.165, 1.54) is 17.6 Å². The summed E-state index contributed by atoms with van der Waals surface area (Å²) in [4.78, 5) is 15.5. The molecule has 1 aliphatic heterocycles. The van der Waals surface area contributed by atoms with Crippen LogP contribution in [0.5, 0.6) is 0 Å². The zero-order valence-electron chi connectivity index (χ0n) is 10.2. The molecule has 0 aliphatic carbocycles. The minimum absolute atomic E-state index is 0.000602. The fraction of sp³-hybridized carbons (Fsp3) is 0.583. The topological polar surface area (TPSA) is 55.6 Å². The van der Waals surface area contributed by atoms with Crippen molar-refractivity contribution in [3.8, 4) is 0 Å². The highest BCUT2D eigenvalue weighted by Crippen LogP contribution is 2.33. The van der Waals surface area contributed by atoms with E-state index in [0.717, 1.165) is 13.0 Å². The van der Waals surface area contributed by atoms with E-state index in [1.807, 2.05) is 4.90 Å². The highest BCUT2D eigenvalue weighted by Gasteiger charge is 2.31. The van der Waals surface area contributed by atoms with Gasteiger partial charge in [0, 0.05) is 25.1 Å². The lowest BCUT2D eigenvalue weighted by Gasteiger charge is -2.35. The van der Waals surface area contributed by atoms with Crippen LogP contribution >= 0.6 is 11.3 Å². The van der Waals surface area contributed by atoms with Gasteiger partial charge in [-0.15, -0.1) is 11.3 Å². The molecule has 2 unspecified atom stereocenters. The molecule has 1 aromatic rings. The maximum absolute atomic E-state index is 12.2. The molecule has 4 nitrogen and oxygen atoms in total. The number of ether oxygens (including phenoxy) is 1. The van der Waals surface area contributed by atoms with Crippen LogP contribution in [0.15, 0.2) is 11.4 Å². The Balaban J connectivity index is 2.17. The monoisotopic (exact) mass is 254 g/mol. The van der Waals surface area contributed by atoms with Crippen LogP contribution in [0.3, 0.4) is 0 Å². The van der Waals surface area contributed by atoms with E-state index >= 15 is 0 Å². The summed E-state index contributed by atoms with van der Waals surface area (Å²) in [6, 6.07) is 2.23. The summed E-state index contributed by atoms with van der Waals surface area (Å²) in [6.07, 6.45) is 0.419. The van der Waals surface area contributed by atoms with Gasteiger partial charge in [-0.3, -0.25) is 4.79 Å². The van der Waals surface area contributed by atoms with Crippen molar-refractivity contribution in [3.63, 3.8) is 0 Å². The number of rotatable bonds is 3. The smallest absolute Gasteiger partial charge is 0.253 e. The zero-order chi connectivity index (χ0) is 12.4. The summed E-state index contributed by atoms with van der Waals surface area (Å²) in [5.41, 5.74) is 6.81. The number of fused-ring (bicyclic) bond motifs is 1. The Morgan fingerprint density at radius 3 is 3.18 bits per heavy atom. The first-order chi connectivity index (χ1) is 8.19. The molecule has 0 aromatic carbocycles. The molecular formula is C12H18N2O2S. The van der Waals surface area contributed by atoms with Crippen LogP contribution < -0.4 is 5.73 Å². The Kier molecular flexibility index (Phi) is 3.81. The Hall–Kier alpha value is -0.910. The fourth-order valence-electron chi connectivity index (χ4n) is 2.29. The van der Waals surface area contributed by atoms with Gasteiger partial charge in [-0.25, -0.2) is 0 Å². The van der Waals surface area contributed by atoms with Crippen molar-refractivity contribution in [2.45, 2.75) is 25.5 Å². The van der Waals surface area contributed by atoms with Gasteiger partial charge in [0.2, 0.25) is 0 Å². The summed E-state index contributed by atoms with van der Waals surface area (Å²) in [7, 11) is 1.53. The molecule has 0 radical (unpaired) electrons. The van der Waals surface area contributed by atoms with E-state index in [-0.39, 0.29) is 18.5 Å². The number of thiophene rings is 1. The average molecular weight is 254 g/mol. The molecule has 94 valence electrons. The first-order valence-electron chi connectivity index (χ1n) is 5.78. The highest BCUT2D eigenvalue weighted by molar-refractivity contribution is 7.10. The Bertz CT molecular complexity index is 401. The lowest BCUT2D eigenvalue weighted by molar-refractivity contribution is -0.144. The number of nitrogens with two attached hydrogens (primary N) is 1. The Morgan fingerprint density at radius 1 is 1.76 bits per heavy atom. The van der Waals surface area contributed by atoms with Gasteiger partial charge in [-0.2, -0.15) is 0 Å². The minimum Gasteiger partial charge on any atom is -0.370 e. The molecule has 1 aliphatic rings. The molecule has 2 heterocycles. The van der Waals surface area contributed by atoms with Crippen molar-refractivity contribution >= 4 is 17.2 Å². The van der Waals surface area contributed by atoms with E-state index < -0.39 is 6.10 Å². The summed E-state index contributed by atoms with van der Waals surface area (Å²) < 4.78 is 5.12. The van der Waals surface area contributed by atoms with Crippen LogP contribution in [0.1, 0.15) is 23.4 Å². The zero-order valence-corrected chi connectivity index (χ0v) is 11.0. The standard InChI is InChI=1S/C12H18N2O2S/c1-8-9-4-6-17-11(9)3-5-14(8)12(15)10(7-13)16-2/h4,6,8,10H,3,5,7,13H2,1-2H3. The van der Waals surface area contributed by atoms with Gasteiger partial charge in [0.05, 0.1) is 6.04 Å². The third-order valence-electron chi connectivity index (χ3n) is 3.33. The second-order valence-corrected chi connectivity index (χ2v) is 5.22. The van der Waals surface area contributed by atoms with Crippen molar-refractivity contribution in [3.05, 3.63) is 21.9 Å². The van der Waals surface area contributed by atoms with Crippen LogP contribution in [0.2, 0.25) is 0 Å². The largest absolute Gasteiger partial charge is 0.370 e. The third-order valence-corrected chi connectivity index (χ3v) is 4.33. The van der Waals surface area contributed by atoms with E-state index in [0.29, 0.717) is 0 Å². The molecule has 1 aromatic heterocycles. The van der Waals surface area contributed by atoms with Crippen LogP contribution in [-0.2, 0) is 16.0 Å². The molecule has 5 heteroatoms. The van der Waals surface area contributed by atoms with Gasteiger partial charge < -0.3 is 15.4 Å². The molecule has 0 spiro atoms. The highest BCUT2D eigenvalue weighted by atomic mass is 32.1. The lowest BCUT2D eigenvalue weighted by Crippen LogP contribution is -2.47. The second kappa shape index (κ2) is 5.16. The van der Waals surface area contributed by atoms with Crippen LogP contribution in [0.4, 0.5) is 0 Å². The van der Waals surface area contributed by atoms with Crippen LogP contribution in [-0.4, -0.2) is 37.1 Å². The van der Waals surface area contributed by atoms with E-state index in [9.17, 15) is 4.79 Å². The summed E-state index contributed by atoms with van der Waals surface area (Å²) >= 11 is 1.77. The average Bonchev–Trinajstić information content (AvgIpc) is 2.80. The van der Waals surface area contributed by atoms with Crippen molar-refractivity contribution in [1.29, 1.82) is 0 Å². The summed E-state index contributed by atoms with van der Waals surface area (Å²) in [6.45, 7) is 3.05. The summed E-state index contributed by atoms with van der Waals surface area (Å²) in [5, 5.41) is 2.09. The van der Waals surface area contributed by atoms with Crippen LogP contribution in [0.25, 0.3) is 0 Å². The molecular weight excluding hydrogens is 236 g/mol. The predicted molar refractivity (Wildman–Crippen MR) is 68.0 cm³/mol. The Morgan fingerprint density at radius 2 is 2.53 bits per heavy atom. The van der Waals surface area contributed by atoms with Gasteiger partial charge in [0.1, 0.15) is 6.10 Å². The number of methoxy groups -OCH3 is 1. The van der Waals surface area contributed by atoms with E-state index in [2.05, 4.69) is 18.4 Å². The number of carbonyl (C=O) groups excluding carboxylic acids is 1. The molecule has 2 N–H and O–H groups in total. The van der Waals surface area contributed by atoms with Crippen molar-refractivity contribution in [1.82, 2.24) is 4.90 Å². The van der Waals surface area contributed by atoms with Crippen molar-refractivity contribution in [2.24, 2.45) is 5.73 Å². The number of carbonyl (C=O) groups is 1. The maximum atomic E-state index is 12.2. The molecule has 17 heavy (non-hydrogen) atoms. The molecule has 2 atom stereocenters. The molecule has 0 bridgehead atoms. The molecule has 0 saturated heterocycles. The molecule has 1 amide bonds. The lowest BCUT2D eigenvalue weighted by atomic mass is 10.0. The maximum Gasteiger partial charge on any atom is 0.253 e. The third kappa shape index (κ3) is 2.22. The SMILES string of the molecule is COC(CN)C(=O)N1CCc2sccc2C1C. The number of hydrogen-bond acceptors (Lipinski definition) is 4. The van der Waals surface area contributed by atoms with E-state index in [1.54, 1.807) is 11.3 Å². The first kappa shape index (κ1) is 12.5. The van der Waals surface area contributed by atoms with Gasteiger partial charge in [0.15, 0.2) is 0 Å². The quantitative estimate of drug-likeness (QED) is 0.881. The van der Waals surface area contributed by atoms with Gasteiger partial charge >= 0.3 is 0 Å². The van der Waals surface area contributed by atoms with E-state index in [4.69, 9.17) is 10.5 Å². The minimum atomic E-state index is -0.516. The predicted octanol–water partition coefficient (Wildman–Crippen LogP) is 1.17. The summed E-state index contributed by atoms with van der Waals surface area (Å²) in [5.74, 6) is -0.000602.